The van der Waals surface area contributed by atoms with Gasteiger partial charge in [-0.3, -0.25) is 0 Å². The predicted molar refractivity (Wildman–Crippen MR) is 70.5 cm³/mol. The van der Waals surface area contributed by atoms with Crippen LogP contribution in [-0.4, -0.2) is 13.1 Å². The molecule has 0 aromatic heterocycles. The Morgan fingerprint density at radius 1 is 1.00 bits per heavy atom. The molecule has 1 nitrogen and oxygen atoms in total. The topological polar surface area (TPSA) is 12.0 Å². The van der Waals surface area contributed by atoms with Gasteiger partial charge in [0, 0.05) is 0 Å². The third-order valence-electron chi connectivity index (χ3n) is 5.17. The lowest BCUT2D eigenvalue weighted by Crippen LogP contribution is -2.36. The first-order valence-corrected chi connectivity index (χ1v) is 7.50. The summed E-state index contributed by atoms with van der Waals surface area (Å²) in [5.74, 6) is 4.04. The smallest absolute Gasteiger partial charge is 0.00179 e. The zero-order valence-electron chi connectivity index (χ0n) is 11.2. The van der Waals surface area contributed by atoms with Gasteiger partial charge in [-0.15, -0.1) is 0 Å². The normalized spacial score (nSPS) is 40.9. The maximum Gasteiger partial charge on any atom is -0.00179 e. The molecule has 2 atom stereocenters. The van der Waals surface area contributed by atoms with Gasteiger partial charge in [0.15, 0.2) is 0 Å². The molecule has 0 spiro atoms. The molecular formula is C15H29N. The van der Waals surface area contributed by atoms with E-state index in [0.29, 0.717) is 0 Å². The van der Waals surface area contributed by atoms with Crippen LogP contribution < -0.4 is 5.32 Å². The Labute approximate surface area is 101 Å². The quantitative estimate of drug-likeness (QED) is 0.766. The number of rotatable bonds is 3. The highest BCUT2D eigenvalue weighted by molar-refractivity contribution is 4.80. The molecule has 0 aromatic rings. The number of piperidine rings is 1. The van der Waals surface area contributed by atoms with Crippen molar-refractivity contribution >= 4 is 0 Å². The first kappa shape index (κ1) is 12.4. The molecule has 0 radical (unpaired) electrons. The highest BCUT2D eigenvalue weighted by atomic mass is 14.9. The molecule has 16 heavy (non-hydrogen) atoms. The van der Waals surface area contributed by atoms with E-state index in [-0.39, 0.29) is 0 Å². The molecule has 1 heteroatoms. The average Bonchev–Trinajstić information content (AvgIpc) is 2.33. The van der Waals surface area contributed by atoms with Gasteiger partial charge in [-0.2, -0.15) is 0 Å². The van der Waals surface area contributed by atoms with Crippen LogP contribution in [0.25, 0.3) is 0 Å². The number of hydrogen-bond acceptors (Lipinski definition) is 1. The van der Waals surface area contributed by atoms with E-state index in [1.54, 1.807) is 0 Å². The summed E-state index contributed by atoms with van der Waals surface area (Å²) in [6.45, 7) is 7.36. The summed E-state index contributed by atoms with van der Waals surface area (Å²) in [4.78, 5) is 0. The Kier molecular flexibility index (Phi) is 4.69. The Hall–Kier alpha value is -0.0400. The first-order valence-electron chi connectivity index (χ1n) is 7.50. The van der Waals surface area contributed by atoms with Crippen molar-refractivity contribution in [2.45, 2.75) is 58.8 Å². The van der Waals surface area contributed by atoms with Gasteiger partial charge in [-0.25, -0.2) is 0 Å². The maximum absolute atomic E-state index is 3.57. The summed E-state index contributed by atoms with van der Waals surface area (Å²) < 4.78 is 0. The fraction of sp³-hybridized carbons (Fsp3) is 1.00. The van der Waals surface area contributed by atoms with E-state index >= 15 is 0 Å². The van der Waals surface area contributed by atoms with E-state index in [2.05, 4.69) is 19.2 Å². The van der Waals surface area contributed by atoms with Gasteiger partial charge in [0.25, 0.3) is 0 Å². The van der Waals surface area contributed by atoms with E-state index in [1.165, 1.54) is 58.0 Å². The van der Waals surface area contributed by atoms with E-state index in [4.69, 9.17) is 0 Å². The summed E-state index contributed by atoms with van der Waals surface area (Å²) in [7, 11) is 0. The Morgan fingerprint density at radius 3 is 2.31 bits per heavy atom. The van der Waals surface area contributed by atoms with E-state index in [1.807, 2.05) is 0 Å². The zero-order chi connectivity index (χ0) is 11.4. The SMILES string of the molecule is CCC1CCC(CC2CNCCC2C)CC1. The van der Waals surface area contributed by atoms with Gasteiger partial charge in [0.2, 0.25) is 0 Å². The average molecular weight is 223 g/mol. The van der Waals surface area contributed by atoms with Gasteiger partial charge in [0.1, 0.15) is 0 Å². The molecule has 1 aliphatic heterocycles. The van der Waals surface area contributed by atoms with Crippen molar-refractivity contribution in [1.29, 1.82) is 0 Å². The van der Waals surface area contributed by atoms with Gasteiger partial charge in [-0.05, 0) is 49.6 Å². The van der Waals surface area contributed by atoms with Crippen molar-refractivity contribution in [2.24, 2.45) is 23.7 Å². The summed E-state index contributed by atoms with van der Waals surface area (Å²) in [5, 5.41) is 3.57. The van der Waals surface area contributed by atoms with Crippen LogP contribution in [0.3, 0.4) is 0 Å². The molecule has 2 unspecified atom stereocenters. The Morgan fingerprint density at radius 2 is 1.69 bits per heavy atom. The molecule has 0 bridgehead atoms. The van der Waals surface area contributed by atoms with Crippen molar-refractivity contribution in [2.75, 3.05) is 13.1 Å². The summed E-state index contributed by atoms with van der Waals surface area (Å²) >= 11 is 0. The summed E-state index contributed by atoms with van der Waals surface area (Å²) in [5.41, 5.74) is 0. The fourth-order valence-corrected chi connectivity index (χ4v) is 3.67. The zero-order valence-corrected chi connectivity index (χ0v) is 11.2. The molecule has 1 N–H and O–H groups in total. The fourth-order valence-electron chi connectivity index (χ4n) is 3.67. The molecule has 1 aliphatic carbocycles. The van der Waals surface area contributed by atoms with Gasteiger partial charge < -0.3 is 5.32 Å². The lowest BCUT2D eigenvalue weighted by Gasteiger charge is -2.35. The molecule has 1 heterocycles. The summed E-state index contributed by atoms with van der Waals surface area (Å²) in [6.07, 6.45) is 10.4. The summed E-state index contributed by atoms with van der Waals surface area (Å²) in [6, 6.07) is 0. The second-order valence-electron chi connectivity index (χ2n) is 6.26. The molecular weight excluding hydrogens is 194 g/mol. The van der Waals surface area contributed by atoms with Crippen LogP contribution in [0.4, 0.5) is 0 Å². The van der Waals surface area contributed by atoms with E-state index in [9.17, 15) is 0 Å². The second kappa shape index (κ2) is 6.05. The number of hydrogen-bond donors (Lipinski definition) is 1. The lowest BCUT2D eigenvalue weighted by molar-refractivity contribution is 0.181. The molecule has 2 fully saturated rings. The highest BCUT2D eigenvalue weighted by Gasteiger charge is 2.27. The van der Waals surface area contributed by atoms with Gasteiger partial charge in [-0.1, -0.05) is 46.0 Å². The first-order chi connectivity index (χ1) is 7.79. The standard InChI is InChI=1S/C15H29N/c1-3-13-4-6-14(7-5-13)10-15-11-16-9-8-12(15)2/h12-16H,3-11H2,1-2H3. The monoisotopic (exact) mass is 223 g/mol. The van der Waals surface area contributed by atoms with Crippen LogP contribution >= 0.6 is 0 Å². The van der Waals surface area contributed by atoms with Crippen LogP contribution in [-0.2, 0) is 0 Å². The molecule has 2 aliphatic rings. The molecule has 2 rings (SSSR count). The second-order valence-corrected chi connectivity index (χ2v) is 6.26. The predicted octanol–water partition coefficient (Wildman–Crippen LogP) is 3.84. The molecule has 1 saturated carbocycles. The number of nitrogens with one attached hydrogen (secondary N) is 1. The van der Waals surface area contributed by atoms with Crippen LogP contribution in [0.1, 0.15) is 58.8 Å². The van der Waals surface area contributed by atoms with Gasteiger partial charge in [0.05, 0.1) is 0 Å². The highest BCUT2D eigenvalue weighted by Crippen LogP contribution is 2.36. The maximum atomic E-state index is 3.57. The van der Waals surface area contributed by atoms with Crippen LogP contribution in [0.5, 0.6) is 0 Å². The molecule has 1 saturated heterocycles. The van der Waals surface area contributed by atoms with Crippen molar-refractivity contribution < 1.29 is 0 Å². The molecule has 0 amide bonds. The van der Waals surface area contributed by atoms with Crippen molar-refractivity contribution in [3.63, 3.8) is 0 Å². The van der Waals surface area contributed by atoms with E-state index in [0.717, 1.165) is 23.7 Å². The Bertz CT molecular complexity index is 194. The molecule has 0 aromatic carbocycles. The largest absolute Gasteiger partial charge is 0.316 e. The third kappa shape index (κ3) is 3.23. The van der Waals surface area contributed by atoms with Crippen LogP contribution in [0.15, 0.2) is 0 Å². The molecule has 94 valence electrons. The Balaban J connectivity index is 1.73. The van der Waals surface area contributed by atoms with Crippen molar-refractivity contribution in [1.82, 2.24) is 5.32 Å². The lowest BCUT2D eigenvalue weighted by atomic mass is 9.74. The van der Waals surface area contributed by atoms with Crippen molar-refractivity contribution in [3.8, 4) is 0 Å². The third-order valence-corrected chi connectivity index (χ3v) is 5.17. The van der Waals surface area contributed by atoms with E-state index < -0.39 is 0 Å². The van der Waals surface area contributed by atoms with Crippen LogP contribution in [0, 0.1) is 23.7 Å². The minimum absolute atomic E-state index is 0.963. The van der Waals surface area contributed by atoms with Crippen molar-refractivity contribution in [3.05, 3.63) is 0 Å². The van der Waals surface area contributed by atoms with Crippen LogP contribution in [0.2, 0.25) is 0 Å². The minimum atomic E-state index is 0.963. The van der Waals surface area contributed by atoms with Gasteiger partial charge >= 0.3 is 0 Å². The minimum Gasteiger partial charge on any atom is -0.316 e.